The Bertz CT molecular complexity index is 1230. The second-order valence-corrected chi connectivity index (χ2v) is 9.58. The number of aromatic nitrogens is 2. The van der Waals surface area contributed by atoms with Crippen molar-refractivity contribution in [3.05, 3.63) is 86.7 Å². The molecule has 0 fully saturated rings. The van der Waals surface area contributed by atoms with Gasteiger partial charge in [-0.2, -0.15) is 0 Å². The molecule has 0 radical (unpaired) electrons. The van der Waals surface area contributed by atoms with Crippen molar-refractivity contribution in [2.45, 2.75) is 51.3 Å². The zero-order chi connectivity index (χ0) is 21.9. The van der Waals surface area contributed by atoms with Crippen molar-refractivity contribution in [1.29, 1.82) is 0 Å². The minimum absolute atomic E-state index is 0.0489. The highest BCUT2D eigenvalue weighted by Crippen LogP contribution is 2.33. The zero-order valence-corrected chi connectivity index (χ0v) is 18.7. The van der Waals surface area contributed by atoms with Gasteiger partial charge in [-0.05, 0) is 55.4 Å². The molecule has 3 heterocycles. The number of hydrogen-bond acceptors (Lipinski definition) is 6. The second kappa shape index (κ2) is 9.40. The van der Waals surface area contributed by atoms with Gasteiger partial charge in [0.1, 0.15) is 16.4 Å². The van der Waals surface area contributed by atoms with E-state index >= 15 is 0 Å². The molecule has 0 saturated heterocycles. The smallest absolute Gasteiger partial charge is 0.259 e. The summed E-state index contributed by atoms with van der Waals surface area (Å²) in [5.41, 5.74) is 2.24. The highest BCUT2D eigenvalue weighted by Gasteiger charge is 2.21. The van der Waals surface area contributed by atoms with E-state index in [1.807, 2.05) is 42.5 Å². The third-order valence-electron chi connectivity index (χ3n) is 5.99. The van der Waals surface area contributed by atoms with Gasteiger partial charge in [-0.3, -0.25) is 9.69 Å². The number of nitrogens with one attached hydrogen (secondary N) is 1. The van der Waals surface area contributed by atoms with Crippen molar-refractivity contribution in [1.82, 2.24) is 14.9 Å². The molecule has 1 atom stereocenters. The van der Waals surface area contributed by atoms with Crippen molar-refractivity contribution in [2.24, 2.45) is 0 Å². The maximum Gasteiger partial charge on any atom is 0.259 e. The number of furan rings is 1. The van der Waals surface area contributed by atoms with Crippen molar-refractivity contribution in [3.8, 4) is 0 Å². The van der Waals surface area contributed by atoms with Gasteiger partial charge >= 0.3 is 0 Å². The summed E-state index contributed by atoms with van der Waals surface area (Å²) >= 11 is 1.66. The van der Waals surface area contributed by atoms with E-state index < -0.39 is 6.10 Å². The highest BCUT2D eigenvalue weighted by atomic mass is 32.1. The van der Waals surface area contributed by atoms with Crippen LogP contribution in [0.2, 0.25) is 0 Å². The summed E-state index contributed by atoms with van der Waals surface area (Å²) in [5.74, 6) is 1.44. The Hall–Kier alpha value is -2.74. The van der Waals surface area contributed by atoms with Gasteiger partial charge in [0.25, 0.3) is 5.56 Å². The summed E-state index contributed by atoms with van der Waals surface area (Å²) < 4.78 is 5.54. The van der Waals surface area contributed by atoms with E-state index in [0.29, 0.717) is 31.9 Å². The summed E-state index contributed by atoms with van der Waals surface area (Å²) in [6, 6.07) is 13.7. The molecular formula is C25H27N3O3S. The van der Waals surface area contributed by atoms with Gasteiger partial charge < -0.3 is 14.5 Å². The summed E-state index contributed by atoms with van der Waals surface area (Å²) in [4.78, 5) is 25.0. The fraction of sp³-hybridized carbons (Fsp3) is 0.360. The lowest BCUT2D eigenvalue weighted by molar-refractivity contribution is 0.0988. The molecule has 2 N–H and O–H groups in total. The third-order valence-corrected chi connectivity index (χ3v) is 7.18. The molecule has 1 aliphatic rings. The van der Waals surface area contributed by atoms with Crippen molar-refractivity contribution in [3.63, 3.8) is 0 Å². The van der Waals surface area contributed by atoms with Gasteiger partial charge in [0, 0.05) is 11.4 Å². The first-order valence-electron chi connectivity index (χ1n) is 11.2. The lowest BCUT2D eigenvalue weighted by Gasteiger charge is -2.24. The molecule has 5 rings (SSSR count). The van der Waals surface area contributed by atoms with Crippen LogP contribution in [0.1, 0.15) is 40.4 Å². The predicted octanol–water partition coefficient (Wildman–Crippen LogP) is 4.06. The van der Waals surface area contributed by atoms with E-state index in [4.69, 9.17) is 9.40 Å². The molecule has 166 valence electrons. The summed E-state index contributed by atoms with van der Waals surface area (Å²) in [6.45, 7) is 1.40. The molecule has 0 amide bonds. The molecule has 32 heavy (non-hydrogen) atoms. The molecule has 1 aromatic carbocycles. The maximum absolute atomic E-state index is 12.9. The monoisotopic (exact) mass is 449 g/mol. The normalized spacial score (nSPS) is 14.7. The number of aromatic amines is 1. The van der Waals surface area contributed by atoms with E-state index in [1.165, 1.54) is 16.9 Å². The van der Waals surface area contributed by atoms with Crippen LogP contribution < -0.4 is 5.56 Å². The number of aliphatic hydroxyl groups is 1. The minimum Gasteiger partial charge on any atom is -0.468 e. The number of rotatable bonds is 8. The van der Waals surface area contributed by atoms with Gasteiger partial charge in [-0.25, -0.2) is 4.98 Å². The van der Waals surface area contributed by atoms with Crippen LogP contribution in [0.3, 0.4) is 0 Å². The lowest BCUT2D eigenvalue weighted by Crippen LogP contribution is -2.34. The SMILES string of the molecule is O=c1[nH]c(CN(Cc2ccco2)C[C@@H](O)Cc2ccccc2)nc2sc3c(c12)CCCC3. The van der Waals surface area contributed by atoms with Crippen molar-refractivity contribution in [2.75, 3.05) is 6.54 Å². The molecule has 1 aliphatic carbocycles. The number of hydrogen-bond donors (Lipinski definition) is 2. The first kappa shape index (κ1) is 21.1. The van der Waals surface area contributed by atoms with Gasteiger partial charge in [0.2, 0.25) is 0 Å². The van der Waals surface area contributed by atoms with Crippen molar-refractivity contribution >= 4 is 21.6 Å². The average molecular weight is 450 g/mol. The molecule has 7 heteroatoms. The molecule has 0 bridgehead atoms. The van der Waals surface area contributed by atoms with Gasteiger partial charge in [-0.1, -0.05) is 30.3 Å². The molecule has 4 aromatic rings. The van der Waals surface area contributed by atoms with Crippen LogP contribution in [-0.2, 0) is 32.4 Å². The van der Waals surface area contributed by atoms with Crippen molar-refractivity contribution < 1.29 is 9.52 Å². The number of fused-ring (bicyclic) bond motifs is 3. The largest absolute Gasteiger partial charge is 0.468 e. The Balaban J connectivity index is 1.38. The quantitative estimate of drug-likeness (QED) is 0.424. The van der Waals surface area contributed by atoms with Gasteiger partial charge in [-0.15, -0.1) is 11.3 Å². The maximum atomic E-state index is 12.9. The fourth-order valence-corrected chi connectivity index (χ4v) is 5.83. The first-order valence-corrected chi connectivity index (χ1v) is 12.0. The second-order valence-electron chi connectivity index (χ2n) is 8.50. The highest BCUT2D eigenvalue weighted by molar-refractivity contribution is 7.18. The topological polar surface area (TPSA) is 82.4 Å². The first-order chi connectivity index (χ1) is 15.7. The zero-order valence-electron chi connectivity index (χ0n) is 17.9. The van der Waals surface area contributed by atoms with E-state index in [0.717, 1.165) is 40.8 Å². The van der Waals surface area contributed by atoms with Crippen LogP contribution in [0.25, 0.3) is 10.2 Å². The molecule has 0 unspecified atom stereocenters. The Morgan fingerprint density at radius 1 is 1.12 bits per heavy atom. The molecule has 0 aliphatic heterocycles. The van der Waals surface area contributed by atoms with E-state index in [9.17, 15) is 9.90 Å². The summed E-state index contributed by atoms with van der Waals surface area (Å²) in [5, 5.41) is 11.5. The van der Waals surface area contributed by atoms with Crippen LogP contribution >= 0.6 is 11.3 Å². The van der Waals surface area contributed by atoms with E-state index in [2.05, 4.69) is 9.88 Å². The van der Waals surface area contributed by atoms with Crippen LogP contribution in [0.5, 0.6) is 0 Å². The number of nitrogens with zero attached hydrogens (tertiary/aromatic N) is 2. The Morgan fingerprint density at radius 2 is 1.97 bits per heavy atom. The number of H-pyrrole nitrogens is 1. The number of thiophene rings is 1. The van der Waals surface area contributed by atoms with Crippen LogP contribution in [0, 0.1) is 0 Å². The van der Waals surface area contributed by atoms with E-state index in [1.54, 1.807) is 17.6 Å². The Morgan fingerprint density at radius 3 is 2.78 bits per heavy atom. The van der Waals surface area contributed by atoms with Crippen LogP contribution in [0.15, 0.2) is 57.9 Å². The minimum atomic E-state index is -0.545. The average Bonchev–Trinajstić information content (AvgIpc) is 3.41. The fourth-order valence-electron chi connectivity index (χ4n) is 4.55. The Labute approximate surface area is 190 Å². The van der Waals surface area contributed by atoms with E-state index in [-0.39, 0.29) is 5.56 Å². The Kier molecular flexibility index (Phi) is 6.21. The number of aryl methyl sites for hydroxylation is 2. The molecule has 0 spiro atoms. The van der Waals surface area contributed by atoms with Crippen LogP contribution in [-0.4, -0.2) is 32.6 Å². The third kappa shape index (κ3) is 4.70. The number of benzene rings is 1. The molecule has 0 saturated carbocycles. The molecule has 6 nitrogen and oxygen atoms in total. The van der Waals surface area contributed by atoms with Gasteiger partial charge in [0.15, 0.2) is 0 Å². The predicted molar refractivity (Wildman–Crippen MR) is 126 cm³/mol. The summed E-state index contributed by atoms with van der Waals surface area (Å²) in [7, 11) is 0. The summed E-state index contributed by atoms with van der Waals surface area (Å²) in [6.07, 6.45) is 6.00. The lowest BCUT2D eigenvalue weighted by atomic mass is 9.97. The standard InChI is InChI=1S/C25H27N3O3S/c29-18(13-17-7-2-1-3-8-17)14-28(15-19-9-6-12-31-19)16-22-26-24(30)23-20-10-4-5-11-21(20)32-25(23)27-22/h1-3,6-9,12,18,29H,4-5,10-11,13-16H2,(H,26,27,30)/t18-/m0/s1. The molecule has 3 aromatic heterocycles. The molecular weight excluding hydrogens is 422 g/mol. The van der Waals surface area contributed by atoms with Crippen LogP contribution in [0.4, 0.5) is 0 Å². The van der Waals surface area contributed by atoms with Gasteiger partial charge in [0.05, 0.1) is 30.8 Å². The number of aliphatic hydroxyl groups excluding tert-OH is 1.